The molecule has 0 spiro atoms. The third kappa shape index (κ3) is 2.82. The highest BCUT2D eigenvalue weighted by atomic mass is 14.9. The fraction of sp³-hybridized carbons (Fsp3) is 0.500. The predicted octanol–water partition coefficient (Wildman–Crippen LogP) is 1.74. The van der Waals surface area contributed by atoms with Gasteiger partial charge in [0.1, 0.15) is 0 Å². The lowest BCUT2D eigenvalue weighted by molar-refractivity contribution is 0.554. The zero-order valence-corrected chi connectivity index (χ0v) is 9.30. The Morgan fingerprint density at radius 1 is 1.29 bits per heavy atom. The molecule has 3 N–H and O–H groups in total. The molecular formula is C12H20N2. The molecule has 0 heterocycles. The number of nitrogens with two attached hydrogens (primary N) is 1. The molecule has 2 heteroatoms. The van der Waals surface area contributed by atoms with Crippen molar-refractivity contribution in [2.75, 3.05) is 6.54 Å². The quantitative estimate of drug-likeness (QED) is 0.762. The zero-order valence-electron chi connectivity index (χ0n) is 9.30. The van der Waals surface area contributed by atoms with Crippen molar-refractivity contribution >= 4 is 0 Å². The van der Waals surface area contributed by atoms with Gasteiger partial charge in [-0.25, -0.2) is 0 Å². The molecule has 0 aliphatic heterocycles. The van der Waals surface area contributed by atoms with Gasteiger partial charge >= 0.3 is 0 Å². The van der Waals surface area contributed by atoms with E-state index in [1.807, 2.05) is 0 Å². The third-order valence-electron chi connectivity index (χ3n) is 2.63. The summed E-state index contributed by atoms with van der Waals surface area (Å²) in [6.07, 6.45) is 0. The van der Waals surface area contributed by atoms with Gasteiger partial charge in [-0.15, -0.1) is 0 Å². The lowest BCUT2D eigenvalue weighted by atomic mass is 10.0. The number of hydrogen-bond acceptors (Lipinski definition) is 2. The molecule has 0 saturated heterocycles. The zero-order chi connectivity index (χ0) is 10.6. The van der Waals surface area contributed by atoms with Crippen LogP contribution < -0.4 is 11.1 Å². The summed E-state index contributed by atoms with van der Waals surface area (Å²) in [6, 6.07) is 6.78. The Morgan fingerprint density at radius 2 is 1.86 bits per heavy atom. The summed E-state index contributed by atoms with van der Waals surface area (Å²) in [4.78, 5) is 0. The van der Waals surface area contributed by atoms with E-state index in [0.29, 0.717) is 12.6 Å². The second-order valence-electron chi connectivity index (χ2n) is 3.89. The van der Waals surface area contributed by atoms with Crippen molar-refractivity contribution in [3.05, 3.63) is 34.9 Å². The predicted molar refractivity (Wildman–Crippen MR) is 61.3 cm³/mol. The summed E-state index contributed by atoms with van der Waals surface area (Å²) in [5.74, 6) is 0. The van der Waals surface area contributed by atoms with Gasteiger partial charge in [0.15, 0.2) is 0 Å². The Hall–Kier alpha value is -0.860. The maximum Gasteiger partial charge on any atom is 0.0213 e. The molecule has 1 aromatic carbocycles. The van der Waals surface area contributed by atoms with Gasteiger partial charge < -0.3 is 11.1 Å². The Labute approximate surface area is 86.5 Å². The Kier molecular flexibility index (Phi) is 4.11. The van der Waals surface area contributed by atoms with Crippen molar-refractivity contribution in [1.29, 1.82) is 0 Å². The van der Waals surface area contributed by atoms with Crippen molar-refractivity contribution in [2.24, 2.45) is 5.73 Å². The minimum absolute atomic E-state index is 0.383. The Morgan fingerprint density at radius 3 is 2.36 bits per heavy atom. The van der Waals surface area contributed by atoms with Gasteiger partial charge in [0.25, 0.3) is 0 Å². The van der Waals surface area contributed by atoms with Crippen LogP contribution in [-0.4, -0.2) is 12.6 Å². The first-order valence-electron chi connectivity index (χ1n) is 5.13. The van der Waals surface area contributed by atoms with Crippen LogP contribution >= 0.6 is 0 Å². The topological polar surface area (TPSA) is 38.0 Å². The van der Waals surface area contributed by atoms with E-state index in [0.717, 1.165) is 6.54 Å². The maximum absolute atomic E-state index is 5.55. The lowest BCUT2D eigenvalue weighted by Gasteiger charge is -2.14. The maximum atomic E-state index is 5.55. The largest absolute Gasteiger partial charge is 0.329 e. The van der Waals surface area contributed by atoms with E-state index in [9.17, 15) is 0 Å². The highest BCUT2D eigenvalue weighted by molar-refractivity contribution is 5.33. The molecule has 1 aromatic rings. The number of rotatable bonds is 4. The van der Waals surface area contributed by atoms with E-state index >= 15 is 0 Å². The van der Waals surface area contributed by atoms with Gasteiger partial charge in [-0.3, -0.25) is 0 Å². The molecule has 0 aliphatic rings. The molecular weight excluding hydrogens is 172 g/mol. The summed E-state index contributed by atoms with van der Waals surface area (Å²) in [5.41, 5.74) is 9.64. The van der Waals surface area contributed by atoms with E-state index in [1.54, 1.807) is 0 Å². The van der Waals surface area contributed by atoms with Crippen molar-refractivity contribution in [2.45, 2.75) is 33.4 Å². The van der Waals surface area contributed by atoms with Crippen LogP contribution in [0.1, 0.15) is 23.6 Å². The minimum atomic E-state index is 0.383. The summed E-state index contributed by atoms with van der Waals surface area (Å²) in [5, 5.41) is 3.41. The van der Waals surface area contributed by atoms with Crippen LogP contribution in [0.25, 0.3) is 0 Å². The van der Waals surface area contributed by atoms with Crippen LogP contribution in [0.5, 0.6) is 0 Å². The fourth-order valence-electron chi connectivity index (χ4n) is 1.49. The lowest BCUT2D eigenvalue weighted by Crippen LogP contribution is -2.33. The highest BCUT2D eigenvalue weighted by Crippen LogP contribution is 2.12. The van der Waals surface area contributed by atoms with Crippen LogP contribution in [0.4, 0.5) is 0 Å². The van der Waals surface area contributed by atoms with Crippen LogP contribution in [0.3, 0.4) is 0 Å². The van der Waals surface area contributed by atoms with Crippen molar-refractivity contribution in [3.63, 3.8) is 0 Å². The van der Waals surface area contributed by atoms with Crippen molar-refractivity contribution in [3.8, 4) is 0 Å². The second kappa shape index (κ2) is 5.13. The Balaban J connectivity index is 2.66. The smallest absolute Gasteiger partial charge is 0.0213 e. The third-order valence-corrected chi connectivity index (χ3v) is 2.63. The minimum Gasteiger partial charge on any atom is -0.329 e. The molecule has 0 aliphatic carbocycles. The molecule has 2 nitrogen and oxygen atoms in total. The standard InChI is InChI=1S/C12H20N2/c1-9-5-4-6-10(2)12(9)8-14-11(3)7-13/h4-6,11,14H,7-8,13H2,1-3H3/t11-/m1/s1. The number of benzene rings is 1. The van der Waals surface area contributed by atoms with Gasteiger partial charge in [0.05, 0.1) is 0 Å². The number of aryl methyl sites for hydroxylation is 2. The van der Waals surface area contributed by atoms with E-state index in [4.69, 9.17) is 5.73 Å². The summed E-state index contributed by atoms with van der Waals surface area (Å²) in [7, 11) is 0. The van der Waals surface area contributed by atoms with Gasteiger partial charge in [-0.2, -0.15) is 0 Å². The number of hydrogen-bond donors (Lipinski definition) is 2. The van der Waals surface area contributed by atoms with Gasteiger partial charge in [-0.1, -0.05) is 18.2 Å². The fourth-order valence-corrected chi connectivity index (χ4v) is 1.49. The molecule has 0 saturated carbocycles. The molecule has 0 radical (unpaired) electrons. The summed E-state index contributed by atoms with van der Waals surface area (Å²) >= 11 is 0. The van der Waals surface area contributed by atoms with Gasteiger partial charge in [0, 0.05) is 19.1 Å². The van der Waals surface area contributed by atoms with Gasteiger partial charge in [0.2, 0.25) is 0 Å². The molecule has 1 atom stereocenters. The molecule has 0 fully saturated rings. The molecule has 14 heavy (non-hydrogen) atoms. The van der Waals surface area contributed by atoms with E-state index in [1.165, 1.54) is 16.7 Å². The molecule has 1 rings (SSSR count). The van der Waals surface area contributed by atoms with Crippen LogP contribution in [-0.2, 0) is 6.54 Å². The molecule has 78 valence electrons. The van der Waals surface area contributed by atoms with E-state index in [2.05, 4.69) is 44.3 Å². The first-order chi connectivity index (χ1) is 6.65. The first-order valence-corrected chi connectivity index (χ1v) is 5.13. The average Bonchev–Trinajstić information content (AvgIpc) is 2.16. The normalized spacial score (nSPS) is 12.9. The van der Waals surface area contributed by atoms with E-state index in [-0.39, 0.29) is 0 Å². The first kappa shape index (κ1) is 11.2. The second-order valence-corrected chi connectivity index (χ2v) is 3.89. The molecule has 0 amide bonds. The van der Waals surface area contributed by atoms with Gasteiger partial charge in [-0.05, 0) is 37.5 Å². The molecule has 0 unspecified atom stereocenters. The van der Waals surface area contributed by atoms with Crippen LogP contribution in [0, 0.1) is 13.8 Å². The monoisotopic (exact) mass is 192 g/mol. The van der Waals surface area contributed by atoms with Crippen molar-refractivity contribution in [1.82, 2.24) is 5.32 Å². The highest BCUT2D eigenvalue weighted by Gasteiger charge is 2.03. The average molecular weight is 192 g/mol. The SMILES string of the molecule is Cc1cccc(C)c1CN[C@H](C)CN. The Bertz CT molecular complexity index is 274. The summed E-state index contributed by atoms with van der Waals surface area (Å²) < 4.78 is 0. The molecule has 0 aromatic heterocycles. The van der Waals surface area contributed by atoms with Crippen LogP contribution in [0.2, 0.25) is 0 Å². The molecule has 0 bridgehead atoms. The van der Waals surface area contributed by atoms with E-state index < -0.39 is 0 Å². The van der Waals surface area contributed by atoms with Crippen molar-refractivity contribution < 1.29 is 0 Å². The summed E-state index contributed by atoms with van der Waals surface area (Å²) in [6.45, 7) is 8.00. The van der Waals surface area contributed by atoms with Crippen LogP contribution in [0.15, 0.2) is 18.2 Å². The number of nitrogens with one attached hydrogen (secondary N) is 1.